The van der Waals surface area contributed by atoms with E-state index >= 15 is 0 Å². The summed E-state index contributed by atoms with van der Waals surface area (Å²) in [5.74, 6) is -2.09. The van der Waals surface area contributed by atoms with Crippen molar-refractivity contribution < 1.29 is 23.0 Å². The van der Waals surface area contributed by atoms with Gasteiger partial charge in [-0.3, -0.25) is 4.79 Å². The molecular formula is C14H16F2O3. The van der Waals surface area contributed by atoms with E-state index in [0.29, 0.717) is 12.7 Å². The second-order valence-electron chi connectivity index (χ2n) is 4.56. The Bertz CT molecular complexity index is 456. The van der Waals surface area contributed by atoms with Crippen LogP contribution in [0.4, 0.5) is 8.78 Å². The summed E-state index contributed by atoms with van der Waals surface area (Å²) in [4.78, 5) is 12.0. The molecule has 1 aliphatic rings. The minimum Gasteiger partial charge on any atom is -0.353 e. The second kappa shape index (κ2) is 6.21. The summed E-state index contributed by atoms with van der Waals surface area (Å²) in [5.41, 5.74) is -0.162. The lowest BCUT2D eigenvalue weighted by Crippen LogP contribution is -2.31. The minimum atomic E-state index is -0.870. The topological polar surface area (TPSA) is 35.5 Å². The molecule has 0 radical (unpaired) electrons. The van der Waals surface area contributed by atoms with Gasteiger partial charge in [-0.1, -0.05) is 0 Å². The van der Waals surface area contributed by atoms with Gasteiger partial charge < -0.3 is 9.47 Å². The molecule has 3 nitrogen and oxygen atoms in total. The van der Waals surface area contributed by atoms with Gasteiger partial charge in [-0.2, -0.15) is 0 Å². The van der Waals surface area contributed by atoms with Gasteiger partial charge in [0.25, 0.3) is 0 Å². The lowest BCUT2D eigenvalue weighted by atomic mass is 10.1. The summed E-state index contributed by atoms with van der Waals surface area (Å²) in [5, 5.41) is 0. The van der Waals surface area contributed by atoms with E-state index in [2.05, 4.69) is 0 Å². The third kappa shape index (κ3) is 3.58. The Morgan fingerprint density at radius 1 is 1.42 bits per heavy atom. The average Bonchev–Trinajstić information content (AvgIpc) is 2.39. The zero-order chi connectivity index (χ0) is 13.8. The summed E-state index contributed by atoms with van der Waals surface area (Å²) >= 11 is 0. The number of Topliss-reactive ketones (excluding diaryl/α,β-unsaturated/α-hetero) is 1. The molecular weight excluding hydrogens is 254 g/mol. The largest absolute Gasteiger partial charge is 0.353 e. The number of halogens is 2. The Hall–Kier alpha value is -1.33. The van der Waals surface area contributed by atoms with Crippen LogP contribution < -0.4 is 0 Å². The maximum Gasteiger partial charge on any atom is 0.194 e. The van der Waals surface area contributed by atoms with E-state index in [0.717, 1.165) is 31.4 Å². The molecule has 104 valence electrons. The Balaban J connectivity index is 2.01. The molecule has 2 atom stereocenters. The molecule has 0 saturated carbocycles. The van der Waals surface area contributed by atoms with E-state index in [1.54, 1.807) is 6.92 Å². The number of ether oxygens (including phenoxy) is 2. The highest BCUT2D eigenvalue weighted by molar-refractivity contribution is 5.99. The molecule has 0 N–H and O–H groups in total. The highest BCUT2D eigenvalue weighted by Gasteiger charge is 2.24. The van der Waals surface area contributed by atoms with Gasteiger partial charge in [0.2, 0.25) is 0 Å². The normalized spacial score (nSPS) is 21.1. The van der Waals surface area contributed by atoms with Gasteiger partial charge in [0.1, 0.15) is 17.7 Å². The van der Waals surface area contributed by atoms with Gasteiger partial charge >= 0.3 is 0 Å². The Kier molecular flexibility index (Phi) is 4.61. The van der Waals surface area contributed by atoms with Crippen LogP contribution in [0.5, 0.6) is 0 Å². The van der Waals surface area contributed by atoms with Gasteiger partial charge in [0.15, 0.2) is 12.1 Å². The lowest BCUT2D eigenvalue weighted by Gasteiger charge is -2.25. The van der Waals surface area contributed by atoms with Gasteiger partial charge in [-0.25, -0.2) is 8.78 Å². The molecule has 19 heavy (non-hydrogen) atoms. The third-order valence-electron chi connectivity index (χ3n) is 3.06. The first-order chi connectivity index (χ1) is 9.08. The molecule has 1 saturated heterocycles. The van der Waals surface area contributed by atoms with Crippen molar-refractivity contribution in [2.45, 2.75) is 38.6 Å². The first-order valence-corrected chi connectivity index (χ1v) is 6.34. The summed E-state index contributed by atoms with van der Waals surface area (Å²) in [6.45, 7) is 2.15. The van der Waals surface area contributed by atoms with E-state index in [4.69, 9.17) is 9.47 Å². The monoisotopic (exact) mass is 270 g/mol. The molecule has 2 rings (SSSR count). The van der Waals surface area contributed by atoms with Gasteiger partial charge in [-0.15, -0.1) is 0 Å². The maximum atomic E-state index is 13.5. The molecule has 0 bridgehead atoms. The molecule has 0 aromatic heterocycles. The van der Waals surface area contributed by atoms with Gasteiger partial charge in [0, 0.05) is 12.7 Å². The molecule has 0 spiro atoms. The number of hydrogen-bond donors (Lipinski definition) is 0. The maximum absolute atomic E-state index is 13.5. The first kappa shape index (κ1) is 14.1. The number of ketones is 1. The summed E-state index contributed by atoms with van der Waals surface area (Å²) in [7, 11) is 0. The quantitative estimate of drug-likeness (QED) is 0.789. The van der Waals surface area contributed by atoms with Crippen LogP contribution in [0.25, 0.3) is 0 Å². The fourth-order valence-corrected chi connectivity index (χ4v) is 2.02. The van der Waals surface area contributed by atoms with Crippen molar-refractivity contribution in [3.05, 3.63) is 35.4 Å². The fourth-order valence-electron chi connectivity index (χ4n) is 2.02. The fraction of sp³-hybridized carbons (Fsp3) is 0.500. The SMILES string of the molecule is CC(OC1CCCCO1)C(=O)c1ccc(F)cc1F. The molecule has 1 aromatic carbocycles. The number of carbonyl (C=O) groups excluding carboxylic acids is 1. The van der Waals surface area contributed by atoms with Crippen LogP contribution >= 0.6 is 0 Å². The molecule has 1 heterocycles. The molecule has 0 aliphatic carbocycles. The van der Waals surface area contributed by atoms with Crippen molar-refractivity contribution in [2.75, 3.05) is 6.61 Å². The highest BCUT2D eigenvalue weighted by Crippen LogP contribution is 2.18. The molecule has 2 unspecified atom stereocenters. The van der Waals surface area contributed by atoms with E-state index in [1.165, 1.54) is 0 Å². The van der Waals surface area contributed by atoms with Crippen molar-refractivity contribution >= 4 is 5.78 Å². The molecule has 0 amide bonds. The molecule has 1 fully saturated rings. The van der Waals surface area contributed by atoms with E-state index in [1.807, 2.05) is 0 Å². The van der Waals surface area contributed by atoms with Crippen molar-refractivity contribution in [3.63, 3.8) is 0 Å². The van der Waals surface area contributed by atoms with Crippen LogP contribution in [-0.4, -0.2) is 24.8 Å². The molecule has 5 heteroatoms. The van der Waals surface area contributed by atoms with E-state index in [9.17, 15) is 13.6 Å². The van der Waals surface area contributed by atoms with Crippen molar-refractivity contribution in [2.24, 2.45) is 0 Å². The van der Waals surface area contributed by atoms with Crippen LogP contribution in [0, 0.1) is 11.6 Å². The van der Waals surface area contributed by atoms with Crippen molar-refractivity contribution in [1.29, 1.82) is 0 Å². The number of carbonyl (C=O) groups is 1. The predicted molar refractivity (Wildman–Crippen MR) is 64.8 cm³/mol. The average molecular weight is 270 g/mol. The van der Waals surface area contributed by atoms with Crippen molar-refractivity contribution in [3.8, 4) is 0 Å². The lowest BCUT2D eigenvalue weighted by molar-refractivity contribution is -0.174. The molecule has 1 aromatic rings. The standard InChI is InChI=1S/C14H16F2O3/c1-9(19-13-4-2-3-7-18-13)14(17)11-6-5-10(15)8-12(11)16/h5-6,8-9,13H,2-4,7H2,1H3. The summed E-state index contributed by atoms with van der Waals surface area (Å²) in [6, 6.07) is 2.88. The van der Waals surface area contributed by atoms with Crippen LogP contribution in [0.3, 0.4) is 0 Å². The van der Waals surface area contributed by atoms with Crippen molar-refractivity contribution in [1.82, 2.24) is 0 Å². The highest BCUT2D eigenvalue weighted by atomic mass is 19.1. The van der Waals surface area contributed by atoms with E-state index in [-0.39, 0.29) is 5.56 Å². The second-order valence-corrected chi connectivity index (χ2v) is 4.56. The summed E-state index contributed by atoms with van der Waals surface area (Å²) in [6.07, 6.45) is 1.45. The third-order valence-corrected chi connectivity index (χ3v) is 3.06. The van der Waals surface area contributed by atoms with Crippen LogP contribution in [-0.2, 0) is 9.47 Å². The first-order valence-electron chi connectivity index (χ1n) is 6.34. The van der Waals surface area contributed by atoms with Crippen LogP contribution in [0.15, 0.2) is 18.2 Å². The zero-order valence-electron chi connectivity index (χ0n) is 10.7. The van der Waals surface area contributed by atoms with E-state index < -0.39 is 29.8 Å². The van der Waals surface area contributed by atoms with Crippen LogP contribution in [0.1, 0.15) is 36.5 Å². The Morgan fingerprint density at radius 3 is 2.84 bits per heavy atom. The zero-order valence-corrected chi connectivity index (χ0v) is 10.7. The number of hydrogen-bond acceptors (Lipinski definition) is 3. The smallest absolute Gasteiger partial charge is 0.194 e. The van der Waals surface area contributed by atoms with Gasteiger partial charge in [0.05, 0.1) is 5.56 Å². The van der Waals surface area contributed by atoms with Gasteiger partial charge in [-0.05, 0) is 38.3 Å². The number of benzene rings is 1. The van der Waals surface area contributed by atoms with Crippen LogP contribution in [0.2, 0.25) is 0 Å². The summed E-state index contributed by atoms with van der Waals surface area (Å²) < 4.78 is 37.1. The Morgan fingerprint density at radius 2 is 2.21 bits per heavy atom. The number of rotatable bonds is 4. The molecule has 1 aliphatic heterocycles. The Labute approximate surface area is 110 Å². The minimum absolute atomic E-state index is 0.162. The predicted octanol–water partition coefficient (Wildman–Crippen LogP) is 3.08.